The van der Waals surface area contributed by atoms with Gasteiger partial charge in [0, 0.05) is 11.8 Å². The third kappa shape index (κ3) is 5.76. The van der Waals surface area contributed by atoms with Gasteiger partial charge in [-0.3, -0.25) is 4.57 Å². The van der Waals surface area contributed by atoms with Gasteiger partial charge >= 0.3 is 0 Å². The first kappa shape index (κ1) is 22.6. The van der Waals surface area contributed by atoms with Gasteiger partial charge < -0.3 is 10.5 Å². The molecule has 0 amide bonds. The van der Waals surface area contributed by atoms with Gasteiger partial charge in [-0.2, -0.15) is 5.10 Å². The molecule has 0 bridgehead atoms. The SMILES string of the molecule is C#C.C=C/C(=C\C=C\CN/N=C\C)c1cc2nc(SC)n(CO)c2cc1Cl. The lowest BCUT2D eigenvalue weighted by Gasteiger charge is -2.07. The van der Waals surface area contributed by atoms with Crippen LogP contribution in [0.15, 0.2) is 53.3 Å². The van der Waals surface area contributed by atoms with Crippen LogP contribution >= 0.6 is 23.4 Å². The molecule has 0 aliphatic heterocycles. The van der Waals surface area contributed by atoms with E-state index in [1.165, 1.54) is 11.8 Å². The molecule has 0 spiro atoms. The Kier molecular flexibility index (Phi) is 10.1. The molecule has 0 atom stereocenters. The topological polar surface area (TPSA) is 62.4 Å². The van der Waals surface area contributed by atoms with Crippen molar-refractivity contribution < 1.29 is 5.11 Å². The van der Waals surface area contributed by atoms with Gasteiger partial charge in [0.05, 0.1) is 22.6 Å². The largest absolute Gasteiger partial charge is 0.376 e. The maximum absolute atomic E-state index is 9.57. The number of imidazole rings is 1. The molecule has 0 aliphatic carbocycles. The molecule has 2 rings (SSSR count). The highest BCUT2D eigenvalue weighted by Crippen LogP contribution is 2.31. The maximum Gasteiger partial charge on any atom is 0.170 e. The van der Waals surface area contributed by atoms with Crippen LogP contribution in [0.2, 0.25) is 5.02 Å². The predicted octanol–water partition coefficient (Wildman–Crippen LogP) is 4.33. The number of allylic oxidation sites excluding steroid dienone is 4. The molecule has 2 aromatic rings. The van der Waals surface area contributed by atoms with E-state index < -0.39 is 0 Å². The number of thioether (sulfide) groups is 1. The fraction of sp³-hybridized carbons (Fsp3) is 0.200. The zero-order valence-corrected chi connectivity index (χ0v) is 17.0. The molecule has 0 fully saturated rings. The van der Waals surface area contributed by atoms with Crippen LogP contribution in [0.5, 0.6) is 0 Å². The highest BCUT2D eigenvalue weighted by atomic mass is 35.5. The smallest absolute Gasteiger partial charge is 0.170 e. The van der Waals surface area contributed by atoms with Crippen LogP contribution in [-0.4, -0.2) is 33.7 Å². The van der Waals surface area contributed by atoms with Crippen molar-refractivity contribution in [2.75, 3.05) is 12.8 Å². The minimum Gasteiger partial charge on any atom is -0.376 e. The molecule has 5 nitrogen and oxygen atoms in total. The van der Waals surface area contributed by atoms with Crippen molar-refractivity contribution in [2.45, 2.75) is 18.8 Å². The number of hydrazone groups is 1. The van der Waals surface area contributed by atoms with Crippen LogP contribution in [0.3, 0.4) is 0 Å². The Morgan fingerprint density at radius 3 is 2.81 bits per heavy atom. The standard InChI is InChI=1S/C18H21ClN4OS.C2H2/c1-4-13(8-6-7-9-21-20-5-2)14-10-16-17(11-15(14)19)23(12-24)18(22-16)25-3;1-2/h4-8,10-11,21,24H,1,9,12H2,2-3H3;1-2H/b7-6+,13-8+,20-5-;. The van der Waals surface area contributed by atoms with Crippen LogP contribution in [0, 0.1) is 12.8 Å². The summed E-state index contributed by atoms with van der Waals surface area (Å²) in [5, 5.41) is 14.8. The number of benzene rings is 1. The summed E-state index contributed by atoms with van der Waals surface area (Å²) in [6.07, 6.45) is 19.2. The molecule has 1 aromatic heterocycles. The third-order valence-electron chi connectivity index (χ3n) is 3.50. The van der Waals surface area contributed by atoms with E-state index in [2.05, 4.69) is 34.9 Å². The van der Waals surface area contributed by atoms with Crippen LogP contribution in [0.4, 0.5) is 0 Å². The van der Waals surface area contributed by atoms with Gasteiger partial charge in [-0.05, 0) is 30.9 Å². The van der Waals surface area contributed by atoms with Crippen LogP contribution < -0.4 is 5.43 Å². The molecule has 7 heteroatoms. The van der Waals surface area contributed by atoms with Gasteiger partial charge in [0.25, 0.3) is 0 Å². The summed E-state index contributed by atoms with van der Waals surface area (Å²) in [6.45, 7) is 6.22. The second-order valence-corrected chi connectivity index (χ2v) is 6.17. The van der Waals surface area contributed by atoms with Crippen molar-refractivity contribution in [3.8, 4) is 12.8 Å². The number of hydrogen-bond acceptors (Lipinski definition) is 5. The normalized spacial score (nSPS) is 11.7. The lowest BCUT2D eigenvalue weighted by atomic mass is 10.0. The monoisotopic (exact) mass is 402 g/mol. The number of terminal acetylenes is 1. The number of fused-ring (bicyclic) bond motifs is 1. The van der Waals surface area contributed by atoms with Crippen LogP contribution in [-0.2, 0) is 6.73 Å². The minimum absolute atomic E-state index is 0.136. The quantitative estimate of drug-likeness (QED) is 0.172. The summed E-state index contributed by atoms with van der Waals surface area (Å²) in [7, 11) is 0. The third-order valence-corrected chi connectivity index (χ3v) is 4.49. The summed E-state index contributed by atoms with van der Waals surface area (Å²) in [5.74, 6) is 0. The molecule has 0 unspecified atom stereocenters. The van der Waals surface area contributed by atoms with E-state index >= 15 is 0 Å². The molecule has 0 aliphatic rings. The van der Waals surface area contributed by atoms with E-state index in [1.54, 1.807) is 16.9 Å². The number of rotatable bonds is 8. The fourth-order valence-corrected chi connectivity index (χ4v) is 3.17. The van der Waals surface area contributed by atoms with Crippen molar-refractivity contribution in [2.24, 2.45) is 5.10 Å². The molecule has 2 N–H and O–H groups in total. The minimum atomic E-state index is -0.136. The highest BCUT2D eigenvalue weighted by molar-refractivity contribution is 7.98. The Morgan fingerprint density at radius 2 is 2.22 bits per heavy atom. The van der Waals surface area contributed by atoms with Gasteiger partial charge in [-0.25, -0.2) is 4.98 Å². The van der Waals surface area contributed by atoms with Crippen molar-refractivity contribution in [3.05, 3.63) is 53.6 Å². The zero-order chi connectivity index (χ0) is 20.2. The molecule has 0 saturated carbocycles. The maximum atomic E-state index is 9.57. The molecule has 0 saturated heterocycles. The van der Waals surface area contributed by atoms with Gasteiger partial charge in [0.2, 0.25) is 0 Å². The average Bonchev–Trinajstić information content (AvgIpc) is 3.05. The van der Waals surface area contributed by atoms with Gasteiger partial charge in [-0.1, -0.05) is 54.2 Å². The second-order valence-electron chi connectivity index (χ2n) is 4.99. The Hall–Kier alpha value is -2.46. The van der Waals surface area contributed by atoms with E-state index in [-0.39, 0.29) is 6.73 Å². The summed E-state index contributed by atoms with van der Waals surface area (Å²) < 4.78 is 1.73. The lowest BCUT2D eigenvalue weighted by Crippen LogP contribution is -2.03. The molecule has 0 radical (unpaired) electrons. The van der Waals surface area contributed by atoms with Crippen molar-refractivity contribution in [1.82, 2.24) is 15.0 Å². The average molecular weight is 403 g/mol. The molecule has 27 heavy (non-hydrogen) atoms. The van der Waals surface area contributed by atoms with E-state index in [0.717, 1.165) is 27.3 Å². The van der Waals surface area contributed by atoms with Gasteiger partial charge in [0.1, 0.15) is 6.73 Å². The molecular weight excluding hydrogens is 380 g/mol. The van der Waals surface area contributed by atoms with Crippen LogP contribution in [0.1, 0.15) is 12.5 Å². The van der Waals surface area contributed by atoms with E-state index in [0.29, 0.717) is 11.6 Å². The fourth-order valence-electron chi connectivity index (χ4n) is 2.34. The van der Waals surface area contributed by atoms with E-state index in [1.807, 2.05) is 43.5 Å². The number of nitrogens with zero attached hydrogens (tertiary/aromatic N) is 3. The molecule has 1 aromatic carbocycles. The Morgan fingerprint density at radius 1 is 1.48 bits per heavy atom. The van der Waals surface area contributed by atoms with Gasteiger partial charge in [0.15, 0.2) is 5.16 Å². The Balaban J connectivity index is 0.00000176. The zero-order valence-electron chi connectivity index (χ0n) is 15.4. The first-order chi connectivity index (χ1) is 13.2. The highest BCUT2D eigenvalue weighted by Gasteiger charge is 2.13. The number of aliphatic hydroxyl groups is 1. The second kappa shape index (κ2) is 12.0. The predicted molar refractivity (Wildman–Crippen MR) is 118 cm³/mol. The summed E-state index contributed by atoms with van der Waals surface area (Å²) >= 11 is 7.95. The van der Waals surface area contributed by atoms with Crippen molar-refractivity contribution in [1.29, 1.82) is 0 Å². The number of nitrogens with one attached hydrogen (secondary N) is 1. The summed E-state index contributed by atoms with van der Waals surface area (Å²) in [4.78, 5) is 4.55. The number of aromatic nitrogens is 2. The molecular formula is C20H23ClN4OS. The Labute approximate surface area is 169 Å². The van der Waals surface area contributed by atoms with Crippen LogP contribution in [0.25, 0.3) is 16.6 Å². The molecule has 142 valence electrons. The van der Waals surface area contributed by atoms with E-state index in [9.17, 15) is 5.11 Å². The summed E-state index contributed by atoms with van der Waals surface area (Å²) in [6, 6.07) is 3.75. The number of aliphatic hydroxyl groups excluding tert-OH is 1. The van der Waals surface area contributed by atoms with Crippen molar-refractivity contribution in [3.63, 3.8) is 0 Å². The first-order valence-corrected chi connectivity index (χ1v) is 9.64. The Bertz CT molecular complexity index is 881. The molecule has 1 heterocycles. The van der Waals surface area contributed by atoms with E-state index in [4.69, 9.17) is 11.6 Å². The lowest BCUT2D eigenvalue weighted by molar-refractivity contribution is 0.205. The number of hydrogen-bond donors (Lipinski definition) is 2. The first-order valence-electron chi connectivity index (χ1n) is 8.04. The van der Waals surface area contributed by atoms with Crippen molar-refractivity contribution >= 4 is 46.2 Å². The van der Waals surface area contributed by atoms with Gasteiger partial charge in [-0.15, -0.1) is 12.8 Å². The summed E-state index contributed by atoms with van der Waals surface area (Å²) in [5.41, 5.74) is 6.22. The number of halogens is 1.